The quantitative estimate of drug-likeness (QED) is 0.267. The summed E-state index contributed by atoms with van der Waals surface area (Å²) >= 11 is 0. The Labute approximate surface area is 189 Å². The highest BCUT2D eigenvalue weighted by Gasteiger charge is 2.37. The van der Waals surface area contributed by atoms with E-state index in [0.717, 1.165) is 24.3 Å². The van der Waals surface area contributed by atoms with Crippen molar-refractivity contribution in [1.82, 2.24) is 0 Å². The maximum atomic E-state index is 14.5. The van der Waals surface area contributed by atoms with E-state index in [0.29, 0.717) is 18.1 Å². The van der Waals surface area contributed by atoms with Crippen LogP contribution in [0.5, 0.6) is 11.5 Å². The van der Waals surface area contributed by atoms with Crippen molar-refractivity contribution in [3.05, 3.63) is 59.4 Å². The van der Waals surface area contributed by atoms with Crippen molar-refractivity contribution in [3.8, 4) is 11.5 Å². The second-order valence-corrected chi connectivity index (χ2v) is 8.59. The molecule has 0 radical (unpaired) electrons. The largest absolute Gasteiger partial charge is 0.573 e. The molecule has 2 aromatic rings. The highest BCUT2D eigenvalue weighted by atomic mass is 19.4. The van der Waals surface area contributed by atoms with Crippen LogP contribution in [0.1, 0.15) is 75.3 Å². The maximum Gasteiger partial charge on any atom is 0.573 e. The Morgan fingerprint density at radius 2 is 1.52 bits per heavy atom. The molecule has 3 rings (SSSR count). The molecule has 1 aliphatic rings. The van der Waals surface area contributed by atoms with Crippen LogP contribution in [-0.2, 0) is 6.11 Å². The summed E-state index contributed by atoms with van der Waals surface area (Å²) in [5, 5.41) is 0. The number of halogens is 6. The molecule has 0 heterocycles. The van der Waals surface area contributed by atoms with Crippen molar-refractivity contribution < 1.29 is 35.8 Å². The fourth-order valence-corrected chi connectivity index (χ4v) is 4.37. The lowest BCUT2D eigenvalue weighted by Crippen LogP contribution is -2.23. The summed E-state index contributed by atoms with van der Waals surface area (Å²) in [5.74, 6) is -1.71. The Morgan fingerprint density at radius 1 is 0.848 bits per heavy atom. The molecule has 1 saturated carbocycles. The van der Waals surface area contributed by atoms with Crippen LogP contribution in [0.2, 0.25) is 0 Å². The van der Waals surface area contributed by atoms with Crippen molar-refractivity contribution >= 4 is 0 Å². The van der Waals surface area contributed by atoms with Crippen LogP contribution in [-0.4, -0.2) is 6.36 Å². The molecule has 0 bridgehead atoms. The number of alkyl halides is 5. The van der Waals surface area contributed by atoms with Crippen LogP contribution in [0.3, 0.4) is 0 Å². The van der Waals surface area contributed by atoms with Gasteiger partial charge in [0.1, 0.15) is 5.75 Å². The molecule has 8 heteroatoms. The van der Waals surface area contributed by atoms with Crippen LogP contribution in [0.25, 0.3) is 0 Å². The molecule has 0 N–H and O–H groups in total. The number of rotatable bonds is 9. The summed E-state index contributed by atoms with van der Waals surface area (Å²) in [7, 11) is 0. The molecular formula is C25H28F6O2. The van der Waals surface area contributed by atoms with Gasteiger partial charge in [-0.15, -0.1) is 13.2 Å². The molecule has 0 amide bonds. The highest BCUT2D eigenvalue weighted by Crippen LogP contribution is 2.39. The number of hydrogen-bond acceptors (Lipinski definition) is 2. The molecular weight excluding hydrogens is 446 g/mol. The molecule has 0 atom stereocenters. The lowest BCUT2D eigenvalue weighted by Gasteiger charge is -2.29. The molecule has 0 spiro atoms. The number of unbranched alkanes of at least 4 members (excludes halogenated alkanes) is 2. The Hall–Kier alpha value is -2.38. The van der Waals surface area contributed by atoms with Gasteiger partial charge in [-0.05, 0) is 73.4 Å². The van der Waals surface area contributed by atoms with E-state index in [1.54, 1.807) is 12.1 Å². The highest BCUT2D eigenvalue weighted by molar-refractivity contribution is 5.33. The zero-order valence-corrected chi connectivity index (χ0v) is 18.4. The van der Waals surface area contributed by atoms with E-state index >= 15 is 0 Å². The molecule has 1 aliphatic carbocycles. The van der Waals surface area contributed by atoms with Gasteiger partial charge in [-0.2, -0.15) is 8.78 Å². The molecule has 0 saturated heterocycles. The van der Waals surface area contributed by atoms with Gasteiger partial charge in [-0.1, -0.05) is 44.7 Å². The second-order valence-electron chi connectivity index (χ2n) is 8.59. The normalized spacial score (nSPS) is 19.4. The summed E-state index contributed by atoms with van der Waals surface area (Å²) in [5.41, 5.74) is 0.150. The molecule has 182 valence electrons. The van der Waals surface area contributed by atoms with Gasteiger partial charge >= 0.3 is 12.5 Å². The topological polar surface area (TPSA) is 18.5 Å². The second kappa shape index (κ2) is 10.7. The predicted molar refractivity (Wildman–Crippen MR) is 113 cm³/mol. The summed E-state index contributed by atoms with van der Waals surface area (Å²) in [6.07, 6.45) is 0.444. The predicted octanol–water partition coefficient (Wildman–Crippen LogP) is 8.71. The Kier molecular flexibility index (Phi) is 8.19. The van der Waals surface area contributed by atoms with Crippen LogP contribution >= 0.6 is 0 Å². The minimum absolute atomic E-state index is 0.118. The van der Waals surface area contributed by atoms with E-state index in [2.05, 4.69) is 11.7 Å². The standard InChI is InChI=1S/C25H28F6O2/c1-2-3-4-5-17-6-8-18(9-7-17)19-10-13-21(14-11-19)32-24(27,28)20-12-15-23(22(26)16-20)33-25(29,30)31/h10-18H,2-9H2,1H3. The first-order valence-corrected chi connectivity index (χ1v) is 11.3. The number of ether oxygens (including phenoxy) is 2. The molecule has 0 aliphatic heterocycles. The van der Waals surface area contributed by atoms with Gasteiger partial charge in [0.05, 0.1) is 5.56 Å². The van der Waals surface area contributed by atoms with Gasteiger partial charge in [0.15, 0.2) is 11.6 Å². The first-order valence-electron chi connectivity index (χ1n) is 11.3. The molecule has 2 aromatic carbocycles. The SMILES string of the molecule is CCCCCC1CCC(c2ccc(OC(F)(F)c3ccc(OC(F)(F)F)c(F)c3)cc2)CC1. The molecule has 0 aromatic heterocycles. The van der Waals surface area contributed by atoms with E-state index < -0.39 is 29.6 Å². The summed E-state index contributed by atoms with van der Waals surface area (Å²) < 4.78 is 87.6. The zero-order chi connectivity index (χ0) is 24.1. The fraction of sp³-hybridized carbons (Fsp3) is 0.520. The van der Waals surface area contributed by atoms with Gasteiger partial charge in [0, 0.05) is 0 Å². The van der Waals surface area contributed by atoms with Crippen molar-refractivity contribution in [2.75, 3.05) is 0 Å². The van der Waals surface area contributed by atoms with Gasteiger partial charge < -0.3 is 9.47 Å². The molecule has 1 fully saturated rings. The average Bonchev–Trinajstić information content (AvgIpc) is 2.75. The summed E-state index contributed by atoms with van der Waals surface area (Å²) in [6.45, 7) is 2.20. The van der Waals surface area contributed by atoms with E-state index in [1.807, 2.05) is 0 Å². The third-order valence-electron chi connectivity index (χ3n) is 6.15. The van der Waals surface area contributed by atoms with E-state index in [9.17, 15) is 26.3 Å². The van der Waals surface area contributed by atoms with Gasteiger partial charge in [0.25, 0.3) is 0 Å². The smallest absolute Gasteiger partial charge is 0.429 e. The van der Waals surface area contributed by atoms with Crippen molar-refractivity contribution in [2.45, 2.75) is 76.7 Å². The number of benzene rings is 2. The van der Waals surface area contributed by atoms with Crippen LogP contribution < -0.4 is 9.47 Å². The summed E-state index contributed by atoms with van der Waals surface area (Å²) in [4.78, 5) is 0. The van der Waals surface area contributed by atoms with E-state index in [4.69, 9.17) is 4.74 Å². The van der Waals surface area contributed by atoms with Crippen molar-refractivity contribution in [1.29, 1.82) is 0 Å². The maximum absolute atomic E-state index is 14.5. The molecule has 33 heavy (non-hydrogen) atoms. The summed E-state index contributed by atoms with van der Waals surface area (Å²) in [6, 6.07) is 7.80. The molecule has 2 nitrogen and oxygen atoms in total. The van der Waals surface area contributed by atoms with Crippen LogP contribution in [0.4, 0.5) is 26.3 Å². The van der Waals surface area contributed by atoms with Gasteiger partial charge in [0.2, 0.25) is 0 Å². The lowest BCUT2D eigenvalue weighted by molar-refractivity contribution is -0.275. The third kappa shape index (κ3) is 7.30. The van der Waals surface area contributed by atoms with Crippen molar-refractivity contribution in [3.63, 3.8) is 0 Å². The Morgan fingerprint density at radius 3 is 2.09 bits per heavy atom. The molecule has 0 unspecified atom stereocenters. The van der Waals surface area contributed by atoms with E-state index in [1.165, 1.54) is 50.7 Å². The zero-order valence-electron chi connectivity index (χ0n) is 18.4. The minimum Gasteiger partial charge on any atom is -0.429 e. The van der Waals surface area contributed by atoms with Crippen LogP contribution in [0.15, 0.2) is 42.5 Å². The number of hydrogen-bond donors (Lipinski definition) is 0. The monoisotopic (exact) mass is 474 g/mol. The van der Waals surface area contributed by atoms with Crippen molar-refractivity contribution in [2.24, 2.45) is 5.92 Å². The Bertz CT molecular complexity index is 887. The van der Waals surface area contributed by atoms with Gasteiger partial charge in [-0.25, -0.2) is 4.39 Å². The minimum atomic E-state index is -5.13. The first kappa shape index (κ1) is 25.2. The van der Waals surface area contributed by atoms with Crippen LogP contribution in [0, 0.1) is 11.7 Å². The van der Waals surface area contributed by atoms with Gasteiger partial charge in [-0.3, -0.25) is 0 Å². The lowest BCUT2D eigenvalue weighted by atomic mass is 9.77. The van der Waals surface area contributed by atoms with E-state index in [-0.39, 0.29) is 11.8 Å². The fourth-order valence-electron chi connectivity index (χ4n) is 4.37. The average molecular weight is 474 g/mol. The Balaban J connectivity index is 1.58. The third-order valence-corrected chi connectivity index (χ3v) is 6.15. The first-order chi connectivity index (χ1) is 15.6.